The Labute approximate surface area is 236 Å². The topological polar surface area (TPSA) is 117 Å². The third-order valence-electron chi connectivity index (χ3n) is 7.99. The summed E-state index contributed by atoms with van der Waals surface area (Å²) < 4.78 is 0. The molecule has 5 N–H and O–H groups in total. The van der Waals surface area contributed by atoms with Gasteiger partial charge >= 0.3 is 11.7 Å². The number of rotatable bonds is 12. The first kappa shape index (κ1) is 27.6. The lowest BCUT2D eigenvalue weighted by atomic mass is 9.91. The number of carbonyl (C=O) groups excluding carboxylic acids is 1. The monoisotopic (exact) mass is 541 g/mol. The van der Waals surface area contributed by atoms with Crippen LogP contribution in [0.2, 0.25) is 0 Å². The second kappa shape index (κ2) is 12.9. The van der Waals surface area contributed by atoms with Crippen LogP contribution in [0.15, 0.2) is 67.0 Å². The third kappa shape index (κ3) is 6.59. The van der Waals surface area contributed by atoms with Gasteiger partial charge in [0.25, 0.3) is 0 Å². The van der Waals surface area contributed by atoms with E-state index in [1.54, 1.807) is 11.2 Å². The van der Waals surface area contributed by atoms with Crippen LogP contribution in [-0.4, -0.2) is 62.5 Å². The zero-order valence-electron chi connectivity index (χ0n) is 23.5. The smallest absolute Gasteiger partial charge is 0.315 e. The van der Waals surface area contributed by atoms with Crippen molar-refractivity contribution in [1.29, 1.82) is 0 Å². The molecule has 9 heteroatoms. The number of aromatic nitrogens is 4. The lowest BCUT2D eigenvalue weighted by Gasteiger charge is -2.34. The average molecular weight is 542 g/mol. The van der Waals surface area contributed by atoms with E-state index < -0.39 is 6.03 Å². The number of hydrogen-bond donors (Lipinski definition) is 3. The van der Waals surface area contributed by atoms with E-state index in [0.717, 1.165) is 12.1 Å². The number of H-pyrrole nitrogens is 2. The van der Waals surface area contributed by atoms with Crippen molar-refractivity contribution >= 4 is 23.0 Å². The Balaban J connectivity index is 1.34. The van der Waals surface area contributed by atoms with E-state index in [1.165, 1.54) is 36.8 Å². The number of urea groups is 1. The van der Waals surface area contributed by atoms with Crippen molar-refractivity contribution in [3.05, 3.63) is 83.9 Å². The van der Waals surface area contributed by atoms with Gasteiger partial charge in [0, 0.05) is 37.6 Å². The van der Waals surface area contributed by atoms with Crippen molar-refractivity contribution in [2.45, 2.75) is 64.1 Å². The van der Waals surface area contributed by atoms with Crippen molar-refractivity contribution in [1.82, 2.24) is 24.8 Å². The molecule has 0 radical (unpaired) electrons. The van der Waals surface area contributed by atoms with Gasteiger partial charge in [-0.15, -0.1) is 0 Å². The molecular weight excluding hydrogens is 500 g/mol. The number of nitrogens with zero attached hydrogens (tertiary/aromatic N) is 4. The SMILES string of the molecule is CC(C)N(CCN(Cc1nc(NCC(c2ccccc2)c2ccccc2)c2[nH]c[nH+]c2n1)C(N)=O)C1CCCC1. The van der Waals surface area contributed by atoms with Gasteiger partial charge in [-0.3, -0.25) is 9.88 Å². The minimum atomic E-state index is -0.459. The Morgan fingerprint density at radius 3 is 2.27 bits per heavy atom. The number of imidazole rings is 1. The second-order valence-electron chi connectivity index (χ2n) is 10.9. The number of amides is 2. The van der Waals surface area contributed by atoms with Crippen molar-refractivity contribution in [3.8, 4) is 0 Å². The number of anilines is 1. The van der Waals surface area contributed by atoms with Gasteiger partial charge in [0.15, 0.2) is 12.1 Å². The Morgan fingerprint density at radius 2 is 1.68 bits per heavy atom. The first-order valence-corrected chi connectivity index (χ1v) is 14.4. The standard InChI is InChI=1S/C31H40N8O/c1-22(2)39(25-15-9-10-16-25)18-17-38(31(32)40)20-27-36-29(28-30(37-27)35-21-34-28)33-19-26(23-11-5-3-6-12-23)24-13-7-4-8-14-24/h3-8,11-14,21-22,25-26H,9-10,15-20H2,1-2H3,(H2,32,40)(H2,33,34,35,36,37)/p+1. The molecule has 40 heavy (non-hydrogen) atoms. The summed E-state index contributed by atoms with van der Waals surface area (Å²) in [5.74, 6) is 1.37. The van der Waals surface area contributed by atoms with Crippen LogP contribution in [0.3, 0.4) is 0 Å². The molecule has 1 fully saturated rings. The number of primary amides is 1. The number of fused-ring (bicyclic) bond motifs is 1. The molecule has 210 valence electrons. The van der Waals surface area contributed by atoms with Crippen molar-refractivity contribution in [3.63, 3.8) is 0 Å². The van der Waals surface area contributed by atoms with Crippen LogP contribution in [-0.2, 0) is 6.54 Å². The third-order valence-corrected chi connectivity index (χ3v) is 7.99. The molecule has 4 aromatic rings. The summed E-state index contributed by atoms with van der Waals surface area (Å²) in [7, 11) is 0. The van der Waals surface area contributed by atoms with Gasteiger partial charge in [0.05, 0.1) is 6.54 Å². The summed E-state index contributed by atoms with van der Waals surface area (Å²) in [6.07, 6.45) is 6.74. The highest BCUT2D eigenvalue weighted by Crippen LogP contribution is 2.27. The Morgan fingerprint density at radius 1 is 1.02 bits per heavy atom. The summed E-state index contributed by atoms with van der Waals surface area (Å²) in [6.45, 7) is 6.66. The summed E-state index contributed by atoms with van der Waals surface area (Å²) in [4.78, 5) is 32.6. The molecule has 0 saturated heterocycles. The molecule has 1 aliphatic carbocycles. The molecule has 2 amide bonds. The van der Waals surface area contributed by atoms with Crippen LogP contribution in [0, 0.1) is 0 Å². The van der Waals surface area contributed by atoms with Gasteiger partial charge in [0.1, 0.15) is 0 Å². The Bertz CT molecular complexity index is 1330. The molecule has 2 aromatic heterocycles. The van der Waals surface area contributed by atoms with Crippen LogP contribution in [0.4, 0.5) is 10.6 Å². The predicted octanol–water partition coefficient (Wildman–Crippen LogP) is 4.55. The number of hydrogen-bond acceptors (Lipinski definition) is 5. The molecule has 0 atom stereocenters. The first-order chi connectivity index (χ1) is 19.5. The van der Waals surface area contributed by atoms with Gasteiger partial charge < -0.3 is 16.0 Å². The van der Waals surface area contributed by atoms with E-state index >= 15 is 0 Å². The number of nitrogens with two attached hydrogens (primary N) is 1. The molecule has 0 unspecified atom stereocenters. The molecule has 2 heterocycles. The number of nitrogens with one attached hydrogen (secondary N) is 3. The Hall–Kier alpha value is -3.98. The van der Waals surface area contributed by atoms with E-state index in [2.05, 4.69) is 82.6 Å². The zero-order chi connectivity index (χ0) is 27.9. The van der Waals surface area contributed by atoms with Crippen molar-refractivity contribution < 1.29 is 9.78 Å². The molecule has 1 aliphatic rings. The lowest BCUT2D eigenvalue weighted by molar-refractivity contribution is -0.347. The lowest BCUT2D eigenvalue weighted by Crippen LogP contribution is -2.46. The molecule has 0 bridgehead atoms. The highest BCUT2D eigenvalue weighted by atomic mass is 16.2. The van der Waals surface area contributed by atoms with E-state index in [-0.39, 0.29) is 12.5 Å². The predicted molar refractivity (Wildman–Crippen MR) is 158 cm³/mol. The van der Waals surface area contributed by atoms with Gasteiger partial charge in [-0.1, -0.05) is 78.5 Å². The number of benzene rings is 2. The van der Waals surface area contributed by atoms with Crippen LogP contribution in [0.1, 0.15) is 62.4 Å². The van der Waals surface area contributed by atoms with E-state index in [4.69, 9.17) is 15.7 Å². The minimum absolute atomic E-state index is 0.134. The van der Waals surface area contributed by atoms with E-state index in [1.807, 2.05) is 12.1 Å². The van der Waals surface area contributed by atoms with Crippen molar-refractivity contribution in [2.24, 2.45) is 5.73 Å². The minimum Gasteiger partial charge on any atom is -0.366 e. The van der Waals surface area contributed by atoms with E-state index in [9.17, 15) is 4.79 Å². The highest BCUT2D eigenvalue weighted by molar-refractivity contribution is 5.80. The van der Waals surface area contributed by atoms with Gasteiger partial charge in [-0.2, -0.15) is 4.98 Å². The second-order valence-corrected chi connectivity index (χ2v) is 10.9. The maximum Gasteiger partial charge on any atom is 0.315 e. The van der Waals surface area contributed by atoms with E-state index in [0.29, 0.717) is 42.5 Å². The Kier molecular flexibility index (Phi) is 8.91. The summed E-state index contributed by atoms with van der Waals surface area (Å²) in [6, 6.07) is 21.5. The molecular formula is C31H41N8O+. The molecule has 0 aliphatic heterocycles. The van der Waals surface area contributed by atoms with Crippen LogP contribution >= 0.6 is 0 Å². The fourth-order valence-electron chi connectivity index (χ4n) is 5.89. The fraction of sp³-hybridized carbons (Fsp3) is 0.419. The van der Waals surface area contributed by atoms with Crippen LogP contribution < -0.4 is 16.0 Å². The number of carbonyl (C=O) groups is 1. The van der Waals surface area contributed by atoms with Gasteiger partial charge in [-0.25, -0.2) is 9.78 Å². The summed E-state index contributed by atoms with van der Waals surface area (Å²) in [5.41, 5.74) is 9.77. The normalized spacial score (nSPS) is 14.0. The summed E-state index contributed by atoms with van der Waals surface area (Å²) in [5, 5.41) is 3.57. The summed E-state index contributed by atoms with van der Waals surface area (Å²) >= 11 is 0. The molecule has 2 aromatic carbocycles. The highest BCUT2D eigenvalue weighted by Gasteiger charge is 2.26. The first-order valence-electron chi connectivity index (χ1n) is 14.4. The quantitative estimate of drug-likeness (QED) is 0.243. The number of aromatic amines is 2. The zero-order valence-corrected chi connectivity index (χ0v) is 23.5. The van der Waals surface area contributed by atoms with Crippen LogP contribution in [0.5, 0.6) is 0 Å². The average Bonchev–Trinajstić information content (AvgIpc) is 3.66. The molecule has 5 rings (SSSR count). The fourth-order valence-corrected chi connectivity index (χ4v) is 5.89. The van der Waals surface area contributed by atoms with Crippen LogP contribution in [0.25, 0.3) is 11.2 Å². The van der Waals surface area contributed by atoms with Gasteiger partial charge in [-0.05, 0) is 37.8 Å². The maximum atomic E-state index is 12.5. The molecule has 1 saturated carbocycles. The molecule has 9 nitrogen and oxygen atoms in total. The van der Waals surface area contributed by atoms with Crippen molar-refractivity contribution in [2.75, 3.05) is 25.0 Å². The maximum absolute atomic E-state index is 12.5. The largest absolute Gasteiger partial charge is 0.366 e. The molecule has 0 spiro atoms. The van der Waals surface area contributed by atoms with Gasteiger partial charge in [0.2, 0.25) is 11.3 Å².